The van der Waals surface area contributed by atoms with Crippen LogP contribution in [0.25, 0.3) is 0 Å². The molecular formula is C9H19O3P. The molecule has 1 heterocycles. The zero-order chi connectivity index (χ0) is 10.3. The van der Waals surface area contributed by atoms with Crippen molar-refractivity contribution in [1.29, 1.82) is 0 Å². The van der Waals surface area contributed by atoms with E-state index in [1.54, 1.807) is 0 Å². The van der Waals surface area contributed by atoms with E-state index in [1.165, 1.54) is 0 Å². The molecule has 1 rings (SSSR count). The SMILES string of the molecule is CC(C)C1(C)CO[PH](=O)OC1(C)C. The summed E-state index contributed by atoms with van der Waals surface area (Å²) in [6, 6.07) is 0. The highest BCUT2D eigenvalue weighted by atomic mass is 31.1. The van der Waals surface area contributed by atoms with E-state index in [-0.39, 0.29) is 11.0 Å². The largest absolute Gasteiger partial charge is 0.319 e. The number of rotatable bonds is 1. The van der Waals surface area contributed by atoms with Gasteiger partial charge in [-0.15, -0.1) is 0 Å². The van der Waals surface area contributed by atoms with Crippen LogP contribution in [0, 0.1) is 11.3 Å². The Kier molecular flexibility index (Phi) is 2.92. The molecule has 0 aromatic carbocycles. The van der Waals surface area contributed by atoms with Crippen LogP contribution in [-0.2, 0) is 13.6 Å². The van der Waals surface area contributed by atoms with Crippen molar-refractivity contribution in [3.63, 3.8) is 0 Å². The van der Waals surface area contributed by atoms with Gasteiger partial charge in [0.05, 0.1) is 12.2 Å². The van der Waals surface area contributed by atoms with Crippen LogP contribution in [0.5, 0.6) is 0 Å². The summed E-state index contributed by atoms with van der Waals surface area (Å²) >= 11 is 0. The predicted octanol–water partition coefficient (Wildman–Crippen LogP) is 2.86. The standard InChI is InChI=1S/C9H19O3P/c1-7(2)9(5)6-11-13(10)12-8(9,3)4/h7,13H,6H2,1-5H3. The Morgan fingerprint density at radius 1 is 1.31 bits per heavy atom. The van der Waals surface area contributed by atoms with Gasteiger partial charge in [0.2, 0.25) is 0 Å². The van der Waals surface area contributed by atoms with Crippen LogP contribution in [0.4, 0.5) is 0 Å². The van der Waals surface area contributed by atoms with Crippen LogP contribution >= 0.6 is 8.25 Å². The topological polar surface area (TPSA) is 35.5 Å². The first-order valence-corrected chi connectivity index (χ1v) is 5.88. The third-order valence-corrected chi connectivity index (χ3v) is 4.54. The Hall–Kier alpha value is 0.150. The zero-order valence-electron chi connectivity index (χ0n) is 9.01. The molecule has 4 heteroatoms. The monoisotopic (exact) mass is 206 g/mol. The maximum atomic E-state index is 11.1. The minimum atomic E-state index is -2.25. The second-order valence-corrected chi connectivity index (χ2v) is 5.72. The molecule has 0 radical (unpaired) electrons. The summed E-state index contributed by atoms with van der Waals surface area (Å²) in [7, 11) is -2.25. The van der Waals surface area contributed by atoms with Crippen LogP contribution in [0.15, 0.2) is 0 Å². The quantitative estimate of drug-likeness (QED) is 0.619. The van der Waals surface area contributed by atoms with Crippen molar-refractivity contribution in [2.75, 3.05) is 6.61 Å². The zero-order valence-corrected chi connectivity index (χ0v) is 10.0. The van der Waals surface area contributed by atoms with Gasteiger partial charge in [0.25, 0.3) is 0 Å². The molecule has 0 aliphatic carbocycles. The summed E-state index contributed by atoms with van der Waals surface area (Å²) in [6.45, 7) is 10.9. The van der Waals surface area contributed by atoms with Crippen molar-refractivity contribution in [3.05, 3.63) is 0 Å². The molecule has 1 saturated heterocycles. The van der Waals surface area contributed by atoms with E-state index in [0.717, 1.165) is 0 Å². The van der Waals surface area contributed by atoms with Crippen molar-refractivity contribution in [2.24, 2.45) is 11.3 Å². The second-order valence-electron chi connectivity index (χ2n) is 4.72. The van der Waals surface area contributed by atoms with Gasteiger partial charge in [-0.1, -0.05) is 20.8 Å². The van der Waals surface area contributed by atoms with E-state index >= 15 is 0 Å². The van der Waals surface area contributed by atoms with Crippen LogP contribution in [0.3, 0.4) is 0 Å². The highest BCUT2D eigenvalue weighted by molar-refractivity contribution is 7.33. The molecule has 0 saturated carbocycles. The minimum Gasteiger partial charge on any atom is -0.310 e. The van der Waals surface area contributed by atoms with Gasteiger partial charge < -0.3 is 9.05 Å². The maximum Gasteiger partial charge on any atom is 0.319 e. The molecule has 0 bridgehead atoms. The summed E-state index contributed by atoms with van der Waals surface area (Å²) in [5.74, 6) is 0.442. The average Bonchev–Trinajstić information content (AvgIpc) is 1.96. The molecule has 0 amide bonds. The fourth-order valence-corrected chi connectivity index (χ4v) is 2.73. The molecule has 1 fully saturated rings. The number of hydrogen-bond donors (Lipinski definition) is 0. The van der Waals surface area contributed by atoms with E-state index in [4.69, 9.17) is 9.05 Å². The third kappa shape index (κ3) is 1.83. The molecule has 1 aliphatic rings. The Morgan fingerprint density at radius 2 is 1.85 bits per heavy atom. The summed E-state index contributed by atoms with van der Waals surface area (Å²) in [6.07, 6.45) is 0. The first kappa shape index (κ1) is 11.2. The van der Waals surface area contributed by atoms with E-state index in [0.29, 0.717) is 12.5 Å². The molecule has 2 atom stereocenters. The Labute approximate surface area is 80.8 Å². The van der Waals surface area contributed by atoms with Gasteiger partial charge in [-0.2, -0.15) is 0 Å². The first-order chi connectivity index (χ1) is 5.79. The molecule has 13 heavy (non-hydrogen) atoms. The van der Waals surface area contributed by atoms with Crippen LogP contribution < -0.4 is 0 Å². The van der Waals surface area contributed by atoms with Gasteiger partial charge in [-0.25, -0.2) is 0 Å². The van der Waals surface area contributed by atoms with Gasteiger partial charge in [0, 0.05) is 5.41 Å². The molecular weight excluding hydrogens is 187 g/mol. The van der Waals surface area contributed by atoms with Crippen molar-refractivity contribution in [1.82, 2.24) is 0 Å². The lowest BCUT2D eigenvalue weighted by molar-refractivity contribution is -0.111. The number of hydrogen-bond acceptors (Lipinski definition) is 3. The van der Waals surface area contributed by atoms with Gasteiger partial charge in [-0.05, 0) is 19.8 Å². The maximum absolute atomic E-state index is 11.1. The summed E-state index contributed by atoms with van der Waals surface area (Å²) in [4.78, 5) is 0. The fourth-order valence-electron chi connectivity index (χ4n) is 1.60. The molecule has 0 N–H and O–H groups in total. The Balaban J connectivity index is 2.92. The minimum absolute atomic E-state index is 0.0639. The lowest BCUT2D eigenvalue weighted by atomic mass is 9.68. The molecule has 0 aromatic rings. The van der Waals surface area contributed by atoms with Crippen LogP contribution in [0.1, 0.15) is 34.6 Å². The average molecular weight is 206 g/mol. The van der Waals surface area contributed by atoms with Crippen molar-refractivity contribution in [2.45, 2.75) is 40.2 Å². The smallest absolute Gasteiger partial charge is 0.310 e. The summed E-state index contributed by atoms with van der Waals surface area (Å²) in [5.41, 5.74) is -0.430. The second kappa shape index (κ2) is 3.38. The van der Waals surface area contributed by atoms with Crippen molar-refractivity contribution < 1.29 is 13.6 Å². The Morgan fingerprint density at radius 3 is 2.23 bits per heavy atom. The predicted molar refractivity (Wildman–Crippen MR) is 53.1 cm³/mol. The van der Waals surface area contributed by atoms with E-state index in [2.05, 4.69) is 20.8 Å². The Bertz CT molecular complexity index is 225. The van der Waals surface area contributed by atoms with E-state index < -0.39 is 8.25 Å². The summed E-state index contributed by atoms with van der Waals surface area (Å²) in [5, 5.41) is 0. The lowest BCUT2D eigenvalue weighted by Crippen LogP contribution is -2.51. The highest BCUT2D eigenvalue weighted by Gasteiger charge is 2.49. The molecule has 2 unspecified atom stereocenters. The van der Waals surface area contributed by atoms with Gasteiger partial charge in [0.15, 0.2) is 0 Å². The van der Waals surface area contributed by atoms with Crippen molar-refractivity contribution >= 4 is 8.25 Å². The molecule has 78 valence electrons. The third-order valence-electron chi connectivity index (χ3n) is 3.48. The van der Waals surface area contributed by atoms with Crippen LogP contribution in [0.2, 0.25) is 0 Å². The molecule has 0 spiro atoms. The lowest BCUT2D eigenvalue weighted by Gasteiger charge is -2.49. The van der Waals surface area contributed by atoms with Gasteiger partial charge >= 0.3 is 8.25 Å². The molecule has 3 nitrogen and oxygen atoms in total. The van der Waals surface area contributed by atoms with Crippen molar-refractivity contribution in [3.8, 4) is 0 Å². The van der Waals surface area contributed by atoms with Gasteiger partial charge in [0.1, 0.15) is 0 Å². The van der Waals surface area contributed by atoms with E-state index in [9.17, 15) is 4.57 Å². The van der Waals surface area contributed by atoms with E-state index in [1.807, 2.05) is 13.8 Å². The normalized spacial score (nSPS) is 39.4. The molecule has 0 aromatic heterocycles. The summed E-state index contributed by atoms with van der Waals surface area (Å²) < 4.78 is 21.6. The first-order valence-electron chi connectivity index (χ1n) is 4.65. The van der Waals surface area contributed by atoms with Gasteiger partial charge in [-0.3, -0.25) is 4.57 Å². The highest BCUT2D eigenvalue weighted by Crippen LogP contribution is 2.51. The molecule has 1 aliphatic heterocycles. The fraction of sp³-hybridized carbons (Fsp3) is 1.00. The van der Waals surface area contributed by atoms with Crippen LogP contribution in [-0.4, -0.2) is 12.2 Å².